The minimum absolute atomic E-state index is 0.00919. The van der Waals surface area contributed by atoms with Gasteiger partial charge in [0.15, 0.2) is 0 Å². The molecule has 2 aliphatic carbocycles. The van der Waals surface area contributed by atoms with Crippen LogP contribution in [-0.4, -0.2) is 87.7 Å². The van der Waals surface area contributed by atoms with Crippen LogP contribution in [0, 0.1) is 23.7 Å². The van der Waals surface area contributed by atoms with Gasteiger partial charge in [0.2, 0.25) is 10.0 Å². The first kappa shape index (κ1) is 37.0. The summed E-state index contributed by atoms with van der Waals surface area (Å²) in [5.41, 5.74) is 2.10. The Kier molecular flexibility index (Phi) is 11.4. The number of hydrogen-bond donors (Lipinski definition) is 2. The van der Waals surface area contributed by atoms with Crippen LogP contribution in [0.2, 0.25) is 5.02 Å². The molecule has 0 aromatic heterocycles. The van der Waals surface area contributed by atoms with Crippen molar-refractivity contribution in [2.75, 3.05) is 57.4 Å². The minimum Gasteiger partial charge on any atom is -0.490 e. The summed E-state index contributed by atoms with van der Waals surface area (Å²) in [6, 6.07) is 11.4. The van der Waals surface area contributed by atoms with E-state index in [9.17, 15) is 18.3 Å². The van der Waals surface area contributed by atoms with Gasteiger partial charge in [-0.2, -0.15) is 0 Å². The number of amides is 1. The van der Waals surface area contributed by atoms with E-state index in [0.29, 0.717) is 51.6 Å². The van der Waals surface area contributed by atoms with Gasteiger partial charge in [0.05, 0.1) is 37.3 Å². The number of benzene rings is 2. The van der Waals surface area contributed by atoms with Crippen molar-refractivity contribution in [2.24, 2.45) is 11.8 Å². The molecule has 4 aliphatic rings. The summed E-state index contributed by atoms with van der Waals surface area (Å²) in [5.74, 6) is 6.89. The second-order valence-corrected chi connectivity index (χ2v) is 17.6. The summed E-state index contributed by atoms with van der Waals surface area (Å²) >= 11 is 6.46. The van der Waals surface area contributed by atoms with Crippen molar-refractivity contribution < 1.29 is 27.8 Å². The van der Waals surface area contributed by atoms with Gasteiger partial charge in [-0.05, 0) is 106 Å². The summed E-state index contributed by atoms with van der Waals surface area (Å²) in [6.07, 6.45) is 7.26. The Hall–Kier alpha value is -2.81. The summed E-state index contributed by atoms with van der Waals surface area (Å²) in [7, 11) is -3.81. The van der Waals surface area contributed by atoms with E-state index in [1.807, 2.05) is 6.07 Å². The van der Waals surface area contributed by atoms with E-state index in [1.165, 1.54) is 11.1 Å². The Bertz CT molecular complexity index is 1720. The number of ether oxygens (including phenoxy) is 2. The van der Waals surface area contributed by atoms with Crippen LogP contribution in [0.15, 0.2) is 36.4 Å². The van der Waals surface area contributed by atoms with Crippen molar-refractivity contribution in [1.82, 2.24) is 9.62 Å². The first-order valence-corrected chi connectivity index (χ1v) is 20.2. The minimum atomic E-state index is -3.81. The van der Waals surface area contributed by atoms with Gasteiger partial charge in [0.1, 0.15) is 11.4 Å². The molecule has 0 unspecified atom stereocenters. The first-order valence-electron chi connectivity index (χ1n) is 18.3. The predicted octanol–water partition coefficient (Wildman–Crippen LogP) is 5.56. The number of sulfonamides is 1. The quantitative estimate of drug-likeness (QED) is 0.307. The standard InChI is InChI=1S/C39H52ClN3O6S/c1-4-5-16-39(45,17-7-18-42-19-21-48-22-20-42)34-12-9-31(34)25-43-26-38(15-6-8-29-23-32(40)11-13-33(29)38)27-49-36-14-10-30(24-35(36)43)37(44)41-50(46,47)28(2)3/h10-11,13-14,23-24,28,31,34,45H,4-6,8-9,12,15-16,18-22,25-27H2,1-3H3,(H,41,44)/t31-,34+,38-,39+/m0/s1. The van der Waals surface area contributed by atoms with E-state index < -0.39 is 26.8 Å². The SMILES string of the molecule is CCCC[C@@](O)(C#CCN1CCOCC1)[C@@H]1CC[C@H]1CN1C[C@@]2(CCCc3cc(Cl)ccc32)COc2ccc(C(=O)NS(=O)(=O)C(C)C)cc21. The molecule has 1 amide bonds. The zero-order chi connectivity index (χ0) is 35.5. The summed E-state index contributed by atoms with van der Waals surface area (Å²) in [5, 5.41) is 12.2. The number of fused-ring (bicyclic) bond motifs is 3. The topological polar surface area (TPSA) is 108 Å². The maximum Gasteiger partial charge on any atom is 0.264 e. The van der Waals surface area contributed by atoms with Crippen molar-refractivity contribution in [1.29, 1.82) is 0 Å². The zero-order valence-corrected chi connectivity index (χ0v) is 31.3. The van der Waals surface area contributed by atoms with E-state index in [0.717, 1.165) is 68.7 Å². The number of morpholine rings is 1. The molecule has 2 aliphatic heterocycles. The van der Waals surface area contributed by atoms with E-state index in [-0.39, 0.29) is 22.8 Å². The molecule has 4 atom stereocenters. The van der Waals surface area contributed by atoms with Gasteiger partial charge in [0, 0.05) is 48.1 Å². The molecule has 2 heterocycles. The fourth-order valence-electron chi connectivity index (χ4n) is 8.11. The van der Waals surface area contributed by atoms with E-state index in [2.05, 4.69) is 45.4 Å². The van der Waals surface area contributed by atoms with Crippen molar-refractivity contribution >= 4 is 33.2 Å². The predicted molar refractivity (Wildman–Crippen MR) is 197 cm³/mol. The maximum atomic E-state index is 13.3. The smallest absolute Gasteiger partial charge is 0.264 e. The van der Waals surface area contributed by atoms with Crippen LogP contribution in [0.25, 0.3) is 0 Å². The van der Waals surface area contributed by atoms with Crippen molar-refractivity contribution in [3.63, 3.8) is 0 Å². The Morgan fingerprint density at radius 3 is 2.70 bits per heavy atom. The summed E-state index contributed by atoms with van der Waals surface area (Å²) < 4.78 is 39.6. The highest BCUT2D eigenvalue weighted by atomic mass is 35.5. The van der Waals surface area contributed by atoms with Crippen LogP contribution in [0.3, 0.4) is 0 Å². The van der Waals surface area contributed by atoms with Crippen molar-refractivity contribution in [3.05, 3.63) is 58.1 Å². The Balaban J connectivity index is 1.33. The lowest BCUT2D eigenvalue weighted by Gasteiger charge is -2.48. The lowest BCUT2D eigenvalue weighted by atomic mass is 9.63. The fraction of sp³-hybridized carbons (Fsp3) is 0.615. The molecule has 6 rings (SSSR count). The number of aryl methyl sites for hydroxylation is 1. The molecule has 2 aromatic carbocycles. The third kappa shape index (κ3) is 7.98. The largest absolute Gasteiger partial charge is 0.490 e. The number of carbonyl (C=O) groups excluding carboxylic acids is 1. The van der Waals surface area contributed by atoms with E-state index in [4.69, 9.17) is 21.1 Å². The number of nitrogens with one attached hydrogen (secondary N) is 1. The monoisotopic (exact) mass is 725 g/mol. The lowest BCUT2D eigenvalue weighted by Crippen LogP contribution is -2.52. The van der Waals surface area contributed by atoms with Crippen LogP contribution in [0.4, 0.5) is 5.69 Å². The van der Waals surface area contributed by atoms with Gasteiger partial charge < -0.3 is 19.5 Å². The molecule has 0 bridgehead atoms. The molecular formula is C39H52ClN3O6S. The molecular weight excluding hydrogens is 674 g/mol. The molecule has 2 fully saturated rings. The van der Waals surface area contributed by atoms with Gasteiger partial charge >= 0.3 is 0 Å². The molecule has 1 saturated carbocycles. The Morgan fingerprint density at radius 1 is 1.18 bits per heavy atom. The van der Waals surface area contributed by atoms with Crippen LogP contribution >= 0.6 is 11.6 Å². The highest BCUT2D eigenvalue weighted by Gasteiger charge is 2.48. The van der Waals surface area contributed by atoms with Gasteiger partial charge in [-0.25, -0.2) is 13.1 Å². The molecule has 50 heavy (non-hydrogen) atoms. The average Bonchev–Trinajstić information content (AvgIpc) is 3.22. The van der Waals surface area contributed by atoms with Crippen LogP contribution in [-0.2, 0) is 26.6 Å². The third-order valence-electron chi connectivity index (χ3n) is 11.3. The lowest BCUT2D eigenvalue weighted by molar-refractivity contribution is -0.0443. The van der Waals surface area contributed by atoms with Gasteiger partial charge in [-0.3, -0.25) is 9.69 Å². The number of rotatable bonds is 10. The second kappa shape index (κ2) is 15.4. The number of aliphatic hydroxyl groups is 1. The molecule has 272 valence electrons. The molecule has 2 N–H and O–H groups in total. The van der Waals surface area contributed by atoms with Crippen molar-refractivity contribution in [3.8, 4) is 17.6 Å². The zero-order valence-electron chi connectivity index (χ0n) is 29.7. The van der Waals surface area contributed by atoms with Gasteiger partial charge in [-0.1, -0.05) is 42.9 Å². The highest BCUT2D eigenvalue weighted by Crippen LogP contribution is 2.48. The normalized spacial score (nSPS) is 24.9. The Labute approximate surface area is 303 Å². The van der Waals surface area contributed by atoms with Gasteiger partial charge in [0.25, 0.3) is 5.91 Å². The molecule has 1 saturated heterocycles. The highest BCUT2D eigenvalue weighted by molar-refractivity contribution is 7.90. The number of halogens is 1. The fourth-order valence-corrected chi connectivity index (χ4v) is 8.92. The number of carbonyl (C=O) groups is 1. The summed E-state index contributed by atoms with van der Waals surface area (Å²) in [6.45, 7) is 10.8. The molecule has 9 nitrogen and oxygen atoms in total. The van der Waals surface area contributed by atoms with Crippen LogP contribution in [0.5, 0.6) is 5.75 Å². The molecule has 11 heteroatoms. The number of hydrogen-bond acceptors (Lipinski definition) is 8. The molecule has 2 aromatic rings. The number of unbranched alkanes of at least 4 members (excludes halogenated alkanes) is 1. The van der Waals surface area contributed by atoms with Gasteiger partial charge in [-0.15, -0.1) is 0 Å². The average molecular weight is 726 g/mol. The van der Waals surface area contributed by atoms with E-state index in [1.54, 1.807) is 32.0 Å². The summed E-state index contributed by atoms with van der Waals surface area (Å²) in [4.78, 5) is 17.9. The third-order valence-corrected chi connectivity index (χ3v) is 13.2. The van der Waals surface area contributed by atoms with Crippen LogP contribution < -0.4 is 14.4 Å². The Morgan fingerprint density at radius 2 is 1.98 bits per heavy atom. The molecule has 0 radical (unpaired) electrons. The number of anilines is 1. The first-order chi connectivity index (χ1) is 23.9. The molecule has 1 spiro atoms. The maximum absolute atomic E-state index is 13.3. The van der Waals surface area contributed by atoms with Crippen LogP contribution in [0.1, 0.15) is 87.2 Å². The van der Waals surface area contributed by atoms with Crippen molar-refractivity contribution in [2.45, 2.75) is 88.4 Å². The van der Waals surface area contributed by atoms with E-state index >= 15 is 0 Å². The second-order valence-electron chi connectivity index (χ2n) is 15.0. The number of nitrogens with zero attached hydrogens (tertiary/aromatic N) is 2.